The smallest absolute Gasteiger partial charge is 0.330 e. The van der Waals surface area contributed by atoms with Crippen LogP contribution in [0.1, 0.15) is 30.9 Å². The van der Waals surface area contributed by atoms with Crippen LogP contribution in [0.25, 0.3) is 0 Å². The van der Waals surface area contributed by atoms with Gasteiger partial charge in [0.15, 0.2) is 5.69 Å². The number of aryl methyl sites for hydroxylation is 1. The minimum Gasteiger partial charge on any atom is -0.383 e. The van der Waals surface area contributed by atoms with E-state index in [2.05, 4.69) is 4.98 Å². The Balaban J connectivity index is 2.10. The van der Waals surface area contributed by atoms with Gasteiger partial charge in [-0.1, -0.05) is 43.2 Å². The van der Waals surface area contributed by atoms with E-state index in [-0.39, 0.29) is 23.2 Å². The molecule has 0 unspecified atom stereocenters. The Morgan fingerprint density at radius 3 is 2.56 bits per heavy atom. The highest BCUT2D eigenvalue weighted by molar-refractivity contribution is 7.99. The minimum absolute atomic E-state index is 0.0200. The number of rotatable bonds is 8. The number of anilines is 2. The molecule has 1 aromatic carbocycles. The van der Waals surface area contributed by atoms with Crippen molar-refractivity contribution in [1.82, 2.24) is 9.55 Å². The number of carbonyl (C=O) groups excluding carboxylic acids is 1. The monoisotopic (exact) mass is 390 g/mol. The number of unbranched alkanes of at least 4 members (excludes halogenated alkanes) is 1. The Morgan fingerprint density at radius 1 is 1.26 bits per heavy atom. The molecule has 0 aliphatic carbocycles. The molecule has 146 valence electrons. The molecule has 0 aliphatic rings. The Kier molecular flexibility index (Phi) is 7.29. The van der Waals surface area contributed by atoms with Crippen molar-refractivity contribution >= 4 is 29.2 Å². The molecule has 8 heteroatoms. The molecule has 27 heavy (non-hydrogen) atoms. The summed E-state index contributed by atoms with van der Waals surface area (Å²) in [5.41, 5.74) is 7.18. The topological polar surface area (TPSA) is 101 Å². The molecular weight excluding hydrogens is 364 g/mol. The van der Waals surface area contributed by atoms with Gasteiger partial charge >= 0.3 is 5.69 Å². The van der Waals surface area contributed by atoms with Crippen LogP contribution < -0.4 is 21.9 Å². The molecule has 0 saturated heterocycles. The van der Waals surface area contributed by atoms with Gasteiger partial charge in [0.05, 0.1) is 5.75 Å². The molecule has 2 aromatic rings. The second-order valence-electron chi connectivity index (χ2n) is 6.43. The quantitative estimate of drug-likeness (QED) is 0.719. The van der Waals surface area contributed by atoms with E-state index in [0.717, 1.165) is 18.4 Å². The second-order valence-corrected chi connectivity index (χ2v) is 7.42. The first-order valence-electron chi connectivity index (χ1n) is 8.87. The number of thioether (sulfide) groups is 1. The van der Waals surface area contributed by atoms with Gasteiger partial charge in [-0.2, -0.15) is 0 Å². The predicted octanol–water partition coefficient (Wildman–Crippen LogP) is 2.12. The molecule has 3 N–H and O–H groups in total. The van der Waals surface area contributed by atoms with Gasteiger partial charge < -0.3 is 10.6 Å². The Morgan fingerprint density at radius 2 is 1.93 bits per heavy atom. The van der Waals surface area contributed by atoms with E-state index in [9.17, 15) is 14.4 Å². The van der Waals surface area contributed by atoms with E-state index in [0.29, 0.717) is 12.3 Å². The number of nitrogen functional groups attached to an aromatic ring is 1. The summed E-state index contributed by atoms with van der Waals surface area (Å²) in [6.45, 7) is 4.42. The number of H-pyrrole nitrogens is 1. The molecule has 1 heterocycles. The van der Waals surface area contributed by atoms with E-state index in [1.54, 1.807) is 0 Å². The number of nitrogens with one attached hydrogen (secondary N) is 1. The van der Waals surface area contributed by atoms with Crippen LogP contribution in [0.3, 0.4) is 0 Å². The van der Waals surface area contributed by atoms with Crippen LogP contribution in [0.4, 0.5) is 11.5 Å². The zero-order chi connectivity index (χ0) is 20.0. The summed E-state index contributed by atoms with van der Waals surface area (Å²) in [7, 11) is 1.50. The lowest BCUT2D eigenvalue weighted by Crippen LogP contribution is -2.39. The lowest BCUT2D eigenvalue weighted by Gasteiger charge is -2.20. The van der Waals surface area contributed by atoms with Crippen LogP contribution in [0.15, 0.2) is 33.9 Å². The Bertz CT molecular complexity index is 903. The van der Waals surface area contributed by atoms with Gasteiger partial charge in [-0.05, 0) is 18.9 Å². The number of nitrogens with two attached hydrogens (primary N) is 1. The number of hydrogen-bond donors (Lipinski definition) is 2. The van der Waals surface area contributed by atoms with Crippen LogP contribution in [0.2, 0.25) is 0 Å². The number of amides is 1. The largest absolute Gasteiger partial charge is 0.383 e. The number of aromatic nitrogens is 2. The second kappa shape index (κ2) is 9.45. The van der Waals surface area contributed by atoms with Gasteiger partial charge in [0.2, 0.25) is 5.91 Å². The molecule has 1 amide bonds. The highest BCUT2D eigenvalue weighted by Gasteiger charge is 2.20. The SMILES string of the molecule is CCCCn1c(N)c(N(C)C(=O)CSCc2ccc(C)cc2)c(=O)[nH]c1=O. The highest BCUT2D eigenvalue weighted by Crippen LogP contribution is 2.18. The maximum absolute atomic E-state index is 12.5. The maximum Gasteiger partial charge on any atom is 0.330 e. The zero-order valence-corrected chi connectivity index (χ0v) is 16.8. The predicted molar refractivity (Wildman–Crippen MR) is 111 cm³/mol. The summed E-state index contributed by atoms with van der Waals surface area (Å²) in [5.74, 6) is 0.681. The van der Waals surface area contributed by atoms with E-state index < -0.39 is 11.2 Å². The summed E-state index contributed by atoms with van der Waals surface area (Å²) >= 11 is 1.46. The van der Waals surface area contributed by atoms with Crippen molar-refractivity contribution in [1.29, 1.82) is 0 Å². The van der Waals surface area contributed by atoms with Crippen LogP contribution in [-0.2, 0) is 17.1 Å². The summed E-state index contributed by atoms with van der Waals surface area (Å²) in [4.78, 5) is 40.2. The van der Waals surface area contributed by atoms with Crippen molar-refractivity contribution < 1.29 is 4.79 Å². The normalized spacial score (nSPS) is 10.8. The van der Waals surface area contributed by atoms with Crippen LogP contribution in [0, 0.1) is 6.92 Å². The summed E-state index contributed by atoms with van der Waals surface area (Å²) in [5, 5.41) is 0. The molecule has 0 atom stereocenters. The van der Waals surface area contributed by atoms with E-state index in [4.69, 9.17) is 5.73 Å². The first-order valence-corrected chi connectivity index (χ1v) is 10.0. The molecule has 1 aromatic heterocycles. The van der Waals surface area contributed by atoms with Crippen LogP contribution in [-0.4, -0.2) is 28.3 Å². The standard InChI is InChI=1S/C19H26N4O3S/c1-4-5-10-23-17(20)16(18(25)21-19(23)26)22(3)15(24)12-27-11-14-8-6-13(2)7-9-14/h6-9H,4-5,10-12,20H2,1-3H3,(H,21,25,26). The Hall–Kier alpha value is -2.48. The van der Waals surface area contributed by atoms with Gasteiger partial charge in [0.25, 0.3) is 5.56 Å². The fourth-order valence-electron chi connectivity index (χ4n) is 2.60. The average Bonchev–Trinajstić information content (AvgIpc) is 2.62. The van der Waals surface area contributed by atoms with Crippen molar-refractivity contribution in [2.45, 2.75) is 39.0 Å². The third-order valence-electron chi connectivity index (χ3n) is 4.27. The molecule has 0 saturated carbocycles. The fourth-order valence-corrected chi connectivity index (χ4v) is 3.50. The number of carbonyl (C=O) groups is 1. The summed E-state index contributed by atoms with van der Waals surface area (Å²) in [6, 6.07) is 8.12. The lowest BCUT2D eigenvalue weighted by atomic mass is 10.2. The molecule has 2 rings (SSSR count). The maximum atomic E-state index is 12.5. The molecule has 0 fully saturated rings. The van der Waals surface area contributed by atoms with Gasteiger partial charge in [-0.15, -0.1) is 11.8 Å². The molecule has 7 nitrogen and oxygen atoms in total. The van der Waals surface area contributed by atoms with Gasteiger partial charge in [0, 0.05) is 19.3 Å². The van der Waals surface area contributed by atoms with E-state index in [1.807, 2.05) is 38.1 Å². The van der Waals surface area contributed by atoms with Crippen molar-refractivity contribution in [3.63, 3.8) is 0 Å². The average molecular weight is 391 g/mol. The molecule has 0 bridgehead atoms. The van der Waals surface area contributed by atoms with Crippen molar-refractivity contribution in [2.24, 2.45) is 0 Å². The summed E-state index contributed by atoms with van der Waals surface area (Å²) < 4.78 is 1.31. The molecule has 0 aliphatic heterocycles. The van der Waals surface area contributed by atoms with Crippen LogP contribution >= 0.6 is 11.8 Å². The third kappa shape index (κ3) is 5.26. The zero-order valence-electron chi connectivity index (χ0n) is 15.9. The van der Waals surface area contributed by atoms with Gasteiger partial charge in [-0.25, -0.2) is 4.79 Å². The van der Waals surface area contributed by atoms with Crippen molar-refractivity contribution in [2.75, 3.05) is 23.4 Å². The molecular formula is C19H26N4O3S. The first-order chi connectivity index (χ1) is 12.8. The third-order valence-corrected chi connectivity index (χ3v) is 5.26. The number of benzene rings is 1. The highest BCUT2D eigenvalue weighted by atomic mass is 32.2. The van der Waals surface area contributed by atoms with Gasteiger partial charge in [-0.3, -0.25) is 19.1 Å². The Labute approximate surface area is 162 Å². The molecule has 0 spiro atoms. The fraction of sp³-hybridized carbons (Fsp3) is 0.421. The summed E-state index contributed by atoms with van der Waals surface area (Å²) in [6.07, 6.45) is 1.63. The van der Waals surface area contributed by atoms with E-state index >= 15 is 0 Å². The molecule has 0 radical (unpaired) electrons. The minimum atomic E-state index is -0.648. The first kappa shape index (κ1) is 20.8. The lowest BCUT2D eigenvalue weighted by molar-refractivity contribution is -0.115. The van der Waals surface area contributed by atoms with E-state index in [1.165, 1.54) is 33.8 Å². The van der Waals surface area contributed by atoms with Crippen LogP contribution in [0.5, 0.6) is 0 Å². The van der Waals surface area contributed by atoms with Gasteiger partial charge in [0.1, 0.15) is 5.82 Å². The number of nitrogens with zero attached hydrogens (tertiary/aromatic N) is 2. The number of hydrogen-bond acceptors (Lipinski definition) is 5. The number of aromatic amines is 1. The van der Waals surface area contributed by atoms with Crippen molar-refractivity contribution in [3.8, 4) is 0 Å². The van der Waals surface area contributed by atoms with Crippen molar-refractivity contribution in [3.05, 3.63) is 56.2 Å².